The molecule has 2 rings (SSSR count). The van der Waals surface area contributed by atoms with Gasteiger partial charge in [-0.2, -0.15) is 0 Å². The molecule has 1 saturated carbocycles. The van der Waals surface area contributed by atoms with E-state index in [0.717, 1.165) is 48.9 Å². The predicted molar refractivity (Wildman–Crippen MR) is 95.1 cm³/mol. The summed E-state index contributed by atoms with van der Waals surface area (Å²) in [6.07, 6.45) is 4.88. The van der Waals surface area contributed by atoms with Crippen LogP contribution in [-0.4, -0.2) is 30.9 Å². The fraction of sp³-hybridized carbons (Fsp3) is 0.526. The molecule has 0 bridgehead atoms. The van der Waals surface area contributed by atoms with E-state index in [0.29, 0.717) is 0 Å². The van der Waals surface area contributed by atoms with Crippen LogP contribution in [0.1, 0.15) is 43.2 Å². The van der Waals surface area contributed by atoms with Gasteiger partial charge in [0.25, 0.3) is 5.91 Å². The number of ether oxygens (including phenoxy) is 1. The summed E-state index contributed by atoms with van der Waals surface area (Å²) >= 11 is 0. The van der Waals surface area contributed by atoms with Gasteiger partial charge < -0.3 is 15.4 Å². The van der Waals surface area contributed by atoms with Crippen molar-refractivity contribution < 1.29 is 19.1 Å². The van der Waals surface area contributed by atoms with E-state index in [1.54, 1.807) is 0 Å². The number of aryl methyl sites for hydroxylation is 1. The van der Waals surface area contributed by atoms with E-state index in [-0.39, 0.29) is 30.9 Å². The summed E-state index contributed by atoms with van der Waals surface area (Å²) in [5.74, 6) is -1.19. The number of carbonyl (C=O) groups excluding carboxylic acids is 3. The van der Waals surface area contributed by atoms with Gasteiger partial charge in [-0.3, -0.25) is 14.4 Å². The highest BCUT2D eigenvalue weighted by Crippen LogP contribution is 2.24. The number of esters is 1. The third kappa shape index (κ3) is 5.89. The Balaban J connectivity index is 1.69. The normalized spacial score (nSPS) is 14.6. The van der Waals surface area contributed by atoms with Crippen molar-refractivity contribution in [3.63, 3.8) is 0 Å². The van der Waals surface area contributed by atoms with Crippen LogP contribution in [-0.2, 0) is 19.1 Å². The third-order valence-electron chi connectivity index (χ3n) is 4.61. The van der Waals surface area contributed by atoms with Crippen molar-refractivity contribution in [2.45, 2.75) is 46.0 Å². The van der Waals surface area contributed by atoms with E-state index in [1.165, 1.54) is 0 Å². The average molecular weight is 346 g/mol. The van der Waals surface area contributed by atoms with Crippen molar-refractivity contribution in [2.24, 2.45) is 5.92 Å². The fourth-order valence-electron chi connectivity index (χ4n) is 2.90. The quantitative estimate of drug-likeness (QED) is 0.775. The zero-order valence-corrected chi connectivity index (χ0v) is 14.9. The van der Waals surface area contributed by atoms with Gasteiger partial charge in [0.15, 0.2) is 6.61 Å². The summed E-state index contributed by atoms with van der Waals surface area (Å²) in [5, 5.41) is 5.23. The molecule has 0 unspecified atom stereocenters. The predicted octanol–water partition coefficient (Wildman–Crippen LogP) is 2.48. The highest BCUT2D eigenvalue weighted by molar-refractivity contribution is 5.95. The van der Waals surface area contributed by atoms with Crippen LogP contribution in [0.2, 0.25) is 0 Å². The number of benzene rings is 1. The Morgan fingerprint density at radius 1 is 1.08 bits per heavy atom. The molecule has 25 heavy (non-hydrogen) atoms. The van der Waals surface area contributed by atoms with Gasteiger partial charge in [-0.1, -0.05) is 31.4 Å². The highest BCUT2D eigenvalue weighted by atomic mass is 16.5. The van der Waals surface area contributed by atoms with Crippen molar-refractivity contribution in [3.8, 4) is 0 Å². The maximum absolute atomic E-state index is 11.9. The molecule has 0 aliphatic heterocycles. The van der Waals surface area contributed by atoms with Gasteiger partial charge in [0.05, 0.1) is 12.5 Å². The summed E-state index contributed by atoms with van der Waals surface area (Å²) < 4.78 is 5.05. The molecule has 0 aromatic heterocycles. The van der Waals surface area contributed by atoms with Crippen LogP contribution < -0.4 is 10.6 Å². The third-order valence-corrected chi connectivity index (χ3v) is 4.61. The van der Waals surface area contributed by atoms with E-state index < -0.39 is 5.91 Å². The van der Waals surface area contributed by atoms with Gasteiger partial charge in [-0.25, -0.2) is 0 Å². The minimum absolute atomic E-state index is 0.0888. The Morgan fingerprint density at radius 2 is 1.80 bits per heavy atom. The molecule has 0 radical (unpaired) electrons. The van der Waals surface area contributed by atoms with E-state index >= 15 is 0 Å². The molecule has 1 aromatic rings. The van der Waals surface area contributed by atoms with E-state index in [1.807, 2.05) is 32.0 Å². The number of nitrogens with one attached hydrogen (secondary N) is 2. The largest absolute Gasteiger partial charge is 0.455 e. The highest BCUT2D eigenvalue weighted by Gasteiger charge is 2.23. The molecule has 2 N–H and O–H groups in total. The summed E-state index contributed by atoms with van der Waals surface area (Å²) in [4.78, 5) is 35.5. The van der Waals surface area contributed by atoms with Gasteiger partial charge in [0.2, 0.25) is 5.91 Å². The van der Waals surface area contributed by atoms with Gasteiger partial charge in [-0.15, -0.1) is 0 Å². The standard InChI is InChI=1S/C19H26N2O4/c1-13-7-6-10-16(14(13)2)21-17(22)11-20-18(23)12-25-19(24)15-8-4-3-5-9-15/h6-7,10,15H,3-5,8-9,11-12H2,1-2H3,(H,20,23)(H,21,22). The van der Waals surface area contributed by atoms with Crippen molar-refractivity contribution in [1.82, 2.24) is 5.32 Å². The molecule has 0 heterocycles. The second-order valence-electron chi connectivity index (χ2n) is 6.52. The minimum Gasteiger partial charge on any atom is -0.455 e. The number of carbonyl (C=O) groups is 3. The molecule has 1 aromatic carbocycles. The lowest BCUT2D eigenvalue weighted by molar-refractivity contribution is -0.153. The summed E-state index contributed by atoms with van der Waals surface area (Å²) in [7, 11) is 0. The SMILES string of the molecule is Cc1cccc(NC(=O)CNC(=O)COC(=O)C2CCCCC2)c1C. The topological polar surface area (TPSA) is 84.5 Å². The second-order valence-corrected chi connectivity index (χ2v) is 6.52. The summed E-state index contributed by atoms with van der Waals surface area (Å²) in [6, 6.07) is 5.64. The second kappa shape index (κ2) is 9.20. The maximum atomic E-state index is 11.9. The Hall–Kier alpha value is -2.37. The molecular formula is C19H26N2O4. The fourth-order valence-corrected chi connectivity index (χ4v) is 2.90. The van der Waals surface area contributed by atoms with Crippen LogP contribution >= 0.6 is 0 Å². The Bertz CT molecular complexity index is 636. The number of rotatable bonds is 6. The molecular weight excluding hydrogens is 320 g/mol. The Labute approximate surface area is 148 Å². The van der Waals surface area contributed by atoms with Gasteiger partial charge in [0, 0.05) is 5.69 Å². The van der Waals surface area contributed by atoms with Crippen LogP contribution in [0.25, 0.3) is 0 Å². The number of hydrogen-bond acceptors (Lipinski definition) is 4. The van der Waals surface area contributed by atoms with Crippen LogP contribution in [0.3, 0.4) is 0 Å². The van der Waals surface area contributed by atoms with Crippen molar-refractivity contribution >= 4 is 23.5 Å². The van der Waals surface area contributed by atoms with E-state index in [2.05, 4.69) is 10.6 Å². The Morgan fingerprint density at radius 3 is 2.52 bits per heavy atom. The lowest BCUT2D eigenvalue weighted by atomic mass is 9.89. The van der Waals surface area contributed by atoms with Gasteiger partial charge >= 0.3 is 5.97 Å². The summed E-state index contributed by atoms with van der Waals surface area (Å²) in [6.45, 7) is 3.39. The first-order chi connectivity index (χ1) is 12.0. The molecule has 1 aliphatic rings. The monoisotopic (exact) mass is 346 g/mol. The Kier molecular flexibility index (Phi) is 6.98. The van der Waals surface area contributed by atoms with Gasteiger partial charge in [-0.05, 0) is 43.9 Å². The van der Waals surface area contributed by atoms with Crippen LogP contribution in [0, 0.1) is 19.8 Å². The molecule has 1 aliphatic carbocycles. The molecule has 6 heteroatoms. The van der Waals surface area contributed by atoms with E-state index in [9.17, 15) is 14.4 Å². The zero-order chi connectivity index (χ0) is 18.2. The van der Waals surface area contributed by atoms with Crippen LogP contribution in [0.15, 0.2) is 18.2 Å². The molecule has 0 atom stereocenters. The minimum atomic E-state index is -0.472. The van der Waals surface area contributed by atoms with Crippen LogP contribution in [0.4, 0.5) is 5.69 Å². The smallest absolute Gasteiger partial charge is 0.309 e. The molecule has 0 spiro atoms. The zero-order valence-electron chi connectivity index (χ0n) is 14.9. The maximum Gasteiger partial charge on any atom is 0.309 e. The molecule has 6 nitrogen and oxygen atoms in total. The molecule has 1 fully saturated rings. The van der Waals surface area contributed by atoms with Crippen molar-refractivity contribution in [1.29, 1.82) is 0 Å². The lowest BCUT2D eigenvalue weighted by Gasteiger charge is -2.19. The average Bonchev–Trinajstić information content (AvgIpc) is 2.62. The first-order valence-corrected chi connectivity index (χ1v) is 8.77. The number of anilines is 1. The number of amides is 2. The van der Waals surface area contributed by atoms with E-state index in [4.69, 9.17) is 4.74 Å². The lowest BCUT2D eigenvalue weighted by Crippen LogP contribution is -2.36. The molecule has 0 saturated heterocycles. The van der Waals surface area contributed by atoms with Gasteiger partial charge in [0.1, 0.15) is 0 Å². The first-order valence-electron chi connectivity index (χ1n) is 8.77. The van der Waals surface area contributed by atoms with Crippen molar-refractivity contribution in [2.75, 3.05) is 18.5 Å². The first kappa shape index (κ1) is 19.0. The molecule has 136 valence electrons. The number of hydrogen-bond donors (Lipinski definition) is 2. The molecule has 2 amide bonds. The van der Waals surface area contributed by atoms with Crippen molar-refractivity contribution in [3.05, 3.63) is 29.3 Å². The van der Waals surface area contributed by atoms with Crippen LogP contribution in [0.5, 0.6) is 0 Å². The summed E-state index contributed by atoms with van der Waals surface area (Å²) in [5.41, 5.74) is 2.79.